The van der Waals surface area contributed by atoms with Gasteiger partial charge in [0.25, 0.3) is 0 Å². The van der Waals surface area contributed by atoms with E-state index >= 15 is 0 Å². The Morgan fingerprint density at radius 2 is 1.53 bits per heavy atom. The van der Waals surface area contributed by atoms with Gasteiger partial charge in [0.15, 0.2) is 0 Å². The van der Waals surface area contributed by atoms with Crippen molar-refractivity contribution in [3.05, 3.63) is 0 Å². The first-order chi connectivity index (χ1) is 7.43. The molecular weight excluding hydrogens is 228 g/mol. The van der Waals surface area contributed by atoms with Crippen LogP contribution in [0.1, 0.15) is 54.4 Å². The van der Waals surface area contributed by atoms with Crippen molar-refractivity contribution in [1.29, 1.82) is 0 Å². The minimum atomic E-state index is -0.198. The summed E-state index contributed by atoms with van der Waals surface area (Å²) in [6.45, 7) is 12.8. The molecule has 0 fully saturated rings. The van der Waals surface area contributed by atoms with E-state index in [0.717, 1.165) is 12.8 Å². The fourth-order valence-corrected chi connectivity index (χ4v) is 2.81. The molecule has 102 valence electrons. The van der Waals surface area contributed by atoms with E-state index in [0.29, 0.717) is 16.7 Å². The molecule has 0 aromatic heterocycles. The lowest BCUT2D eigenvalue weighted by atomic mass is 9.75. The van der Waals surface area contributed by atoms with E-state index in [9.17, 15) is 4.79 Å². The van der Waals surface area contributed by atoms with Crippen molar-refractivity contribution in [3.63, 3.8) is 0 Å². The number of carbonyl (C=O) groups is 1. The molecule has 0 heterocycles. The first-order valence-electron chi connectivity index (χ1n) is 6.52. The van der Waals surface area contributed by atoms with Crippen LogP contribution in [0.5, 0.6) is 0 Å². The number of carbonyl (C=O) groups excluding carboxylic acids is 1. The maximum Gasteiger partial charge on any atom is 0.141 e. The first-order valence-corrected chi connectivity index (χ1v) is 8.73. The van der Waals surface area contributed by atoms with E-state index in [-0.39, 0.29) is 16.7 Å². The number of hydrogen-bond donors (Lipinski definition) is 0. The van der Waals surface area contributed by atoms with Crippen LogP contribution in [-0.2, 0) is 15.7 Å². The van der Waals surface area contributed by atoms with Crippen LogP contribution in [0.3, 0.4) is 0 Å². The van der Waals surface area contributed by atoms with Crippen molar-refractivity contribution < 1.29 is 4.79 Å². The van der Waals surface area contributed by atoms with Crippen molar-refractivity contribution in [2.75, 3.05) is 18.3 Å². The van der Waals surface area contributed by atoms with Crippen LogP contribution in [-0.4, -0.2) is 24.0 Å². The van der Waals surface area contributed by atoms with Crippen LogP contribution in [0.2, 0.25) is 0 Å². The average molecular weight is 259 g/mol. The van der Waals surface area contributed by atoms with E-state index in [4.69, 9.17) is 0 Å². The fraction of sp³-hybridized carbons (Fsp3) is 0.933. The molecule has 1 nitrogen and oxygen atoms in total. The second-order valence-electron chi connectivity index (χ2n) is 7.55. The molecule has 0 aliphatic rings. The number of rotatable bonds is 5. The van der Waals surface area contributed by atoms with Gasteiger partial charge >= 0.3 is 0 Å². The Hall–Kier alpha value is 0.0200. The molecule has 0 aromatic rings. The van der Waals surface area contributed by atoms with Crippen molar-refractivity contribution >= 4 is 16.7 Å². The first kappa shape index (κ1) is 17.0. The minimum absolute atomic E-state index is 0.198. The summed E-state index contributed by atoms with van der Waals surface area (Å²) in [5, 5.41) is 0. The van der Waals surface area contributed by atoms with E-state index in [1.54, 1.807) is 0 Å². The van der Waals surface area contributed by atoms with Gasteiger partial charge in [0.1, 0.15) is 11.5 Å². The Labute approximate surface area is 111 Å². The highest BCUT2D eigenvalue weighted by atomic mass is 32.2. The minimum Gasteiger partial charge on any atom is -0.299 e. The zero-order valence-electron chi connectivity index (χ0n) is 13.0. The molecule has 0 aliphatic carbocycles. The molecule has 0 unspecified atom stereocenters. The third-order valence-corrected chi connectivity index (χ3v) is 3.90. The maximum atomic E-state index is 12.5. The van der Waals surface area contributed by atoms with E-state index in [1.807, 2.05) is 20.8 Å². The molecule has 0 aromatic carbocycles. The van der Waals surface area contributed by atoms with Crippen molar-refractivity contribution in [3.8, 4) is 0 Å². The lowest BCUT2D eigenvalue weighted by Gasteiger charge is -2.29. The van der Waals surface area contributed by atoms with Crippen molar-refractivity contribution in [1.82, 2.24) is 0 Å². The lowest BCUT2D eigenvalue weighted by Crippen LogP contribution is -2.32. The smallest absolute Gasteiger partial charge is 0.141 e. The Bertz CT molecular complexity index is 243. The molecule has 0 N–H and O–H groups in total. The highest BCUT2D eigenvalue weighted by molar-refractivity contribution is 7.95. The highest BCUT2D eigenvalue weighted by Crippen LogP contribution is 2.32. The third-order valence-electron chi connectivity index (χ3n) is 2.84. The normalized spacial score (nSPS) is 15.1. The molecule has 0 rings (SSSR count). The molecule has 17 heavy (non-hydrogen) atoms. The second kappa shape index (κ2) is 6.26. The second-order valence-corrected chi connectivity index (χ2v) is 9.93. The molecule has 1 atom stereocenters. The summed E-state index contributed by atoms with van der Waals surface area (Å²) in [7, 11) is 0.440. The van der Waals surface area contributed by atoms with Crippen molar-refractivity contribution in [2.45, 2.75) is 54.4 Å². The Balaban J connectivity index is 4.68. The zero-order valence-corrected chi connectivity index (χ0v) is 13.8. The van der Waals surface area contributed by atoms with E-state index in [2.05, 4.69) is 33.3 Å². The van der Waals surface area contributed by atoms with Gasteiger partial charge in [0.2, 0.25) is 0 Å². The van der Waals surface area contributed by atoms with Crippen LogP contribution in [0, 0.1) is 16.7 Å². The summed E-state index contributed by atoms with van der Waals surface area (Å²) >= 11 is 0. The molecule has 0 radical (unpaired) electrons. The van der Waals surface area contributed by atoms with Gasteiger partial charge in [-0.1, -0.05) is 41.5 Å². The molecule has 0 spiro atoms. The summed E-state index contributed by atoms with van der Waals surface area (Å²) in [6.07, 6.45) is 6.59. The van der Waals surface area contributed by atoms with Crippen LogP contribution < -0.4 is 0 Å². The molecule has 0 aliphatic heterocycles. The molecule has 2 heteroatoms. The standard InChI is InChI=1S/C15H31OS/c1-14(2,3)11-12(9-10-17(7)8)13(16)15(4,5)6/h12H,9-11H2,1-8H3/q+1/t12-/m1/s1. The summed E-state index contributed by atoms with van der Waals surface area (Å²) in [6, 6.07) is 0. The molecule has 0 bridgehead atoms. The number of ketones is 1. The molecule has 0 saturated heterocycles. The fourth-order valence-electron chi connectivity index (χ4n) is 2.06. The van der Waals surface area contributed by atoms with Gasteiger partial charge in [-0.15, -0.1) is 0 Å². The molecular formula is C15H31OS+. The topological polar surface area (TPSA) is 17.1 Å². The molecule has 0 saturated carbocycles. The molecule has 0 amide bonds. The lowest BCUT2D eigenvalue weighted by molar-refractivity contribution is -0.131. The SMILES string of the molecule is C[S+](C)CC[C@H](CC(C)(C)C)C(=O)C(C)(C)C. The number of hydrogen-bond acceptors (Lipinski definition) is 1. The van der Waals surface area contributed by atoms with Gasteiger partial charge < -0.3 is 0 Å². The Kier molecular flexibility index (Phi) is 6.27. The largest absolute Gasteiger partial charge is 0.299 e. The Morgan fingerprint density at radius 3 is 1.82 bits per heavy atom. The summed E-state index contributed by atoms with van der Waals surface area (Å²) in [4.78, 5) is 12.5. The van der Waals surface area contributed by atoms with Gasteiger partial charge in [-0.3, -0.25) is 4.79 Å². The highest BCUT2D eigenvalue weighted by Gasteiger charge is 2.32. The summed E-state index contributed by atoms with van der Waals surface area (Å²) in [5.74, 6) is 1.87. The van der Waals surface area contributed by atoms with Gasteiger partial charge in [0.05, 0.1) is 12.5 Å². The quantitative estimate of drug-likeness (QED) is 0.684. The van der Waals surface area contributed by atoms with Crippen LogP contribution in [0.15, 0.2) is 0 Å². The summed E-state index contributed by atoms with van der Waals surface area (Å²) < 4.78 is 0. The zero-order chi connectivity index (χ0) is 13.9. The van der Waals surface area contributed by atoms with E-state index < -0.39 is 0 Å². The third kappa shape index (κ3) is 7.86. The predicted octanol–water partition coefficient (Wildman–Crippen LogP) is 3.92. The van der Waals surface area contributed by atoms with Gasteiger partial charge in [-0.25, -0.2) is 0 Å². The average Bonchev–Trinajstić information content (AvgIpc) is 2.07. The maximum absolute atomic E-state index is 12.5. The van der Waals surface area contributed by atoms with Gasteiger partial charge in [-0.2, -0.15) is 0 Å². The van der Waals surface area contributed by atoms with Crippen LogP contribution >= 0.6 is 0 Å². The van der Waals surface area contributed by atoms with Crippen LogP contribution in [0.25, 0.3) is 0 Å². The van der Waals surface area contributed by atoms with Crippen LogP contribution in [0.4, 0.5) is 0 Å². The van der Waals surface area contributed by atoms with Gasteiger partial charge in [0, 0.05) is 17.8 Å². The van der Waals surface area contributed by atoms with Gasteiger partial charge in [-0.05, 0) is 22.7 Å². The van der Waals surface area contributed by atoms with E-state index in [1.165, 1.54) is 5.75 Å². The van der Waals surface area contributed by atoms with Crippen molar-refractivity contribution in [2.24, 2.45) is 16.7 Å². The Morgan fingerprint density at radius 1 is 1.06 bits per heavy atom. The summed E-state index contributed by atoms with van der Waals surface area (Å²) in [5.41, 5.74) is 0.0433. The predicted molar refractivity (Wildman–Crippen MR) is 80.7 cm³/mol. The monoisotopic (exact) mass is 259 g/mol. The number of Topliss-reactive ketones (excluding diaryl/α,β-unsaturated/α-hetero) is 1.